The van der Waals surface area contributed by atoms with Crippen LogP contribution in [0.15, 0.2) is 151 Å². The number of carbonyl (C=O) groups excluding carboxylic acids is 2. The van der Waals surface area contributed by atoms with Crippen molar-refractivity contribution in [2.75, 3.05) is 13.1 Å². The van der Waals surface area contributed by atoms with E-state index in [-0.39, 0.29) is 42.2 Å². The molecule has 1 unspecified atom stereocenters. The molecule has 2 amide bonds. The van der Waals surface area contributed by atoms with Gasteiger partial charge in [-0.05, 0) is 89.6 Å². The Morgan fingerprint density at radius 1 is 0.629 bits per heavy atom. The van der Waals surface area contributed by atoms with Crippen molar-refractivity contribution in [1.29, 1.82) is 0 Å². The Bertz CT molecular complexity index is 2650. The number of hydrogen-bond donors (Lipinski definition) is 2. The van der Waals surface area contributed by atoms with E-state index in [1.807, 2.05) is 84.8 Å². The molecule has 2 saturated heterocycles. The molecule has 10 rings (SSSR count). The Morgan fingerprint density at radius 3 is 1.71 bits per heavy atom. The van der Waals surface area contributed by atoms with Crippen LogP contribution in [0.25, 0.3) is 22.5 Å². The number of benzene rings is 5. The molecule has 3 aliphatic heterocycles. The zero-order valence-electron chi connectivity index (χ0n) is 34.4. The Hall–Kier alpha value is -6.59. The number of hydrogen-bond acceptors (Lipinski definition) is 7. The summed E-state index contributed by atoms with van der Waals surface area (Å²) in [5.41, 5.74) is 9.80. The number of carbonyl (C=O) groups is 2. The van der Waals surface area contributed by atoms with Gasteiger partial charge in [0.15, 0.2) is 0 Å². The van der Waals surface area contributed by atoms with Gasteiger partial charge >= 0.3 is 12.2 Å². The standard InChI is InChI=1S/C51H48N6O4S/c58-49(60-33-36-12-4-1-5-13-36)56-26-10-18-44(56)47-52-31-42(54-47)38-22-20-35(21-23-38)29-51(41-16-8-3-9-17-41)30-40-28-39(24-25-46(40)62-51)43-32-53-48(55-43)45-19-11-27-57(45)50(59)61-34-37-14-6-2-7-15-37/h1-9,12-17,20-25,28,31-32,44-45H,10-11,18-19,26-27,29-30,33-34H2,(H,52,54)(H,53,55)/t44-,45-,51?/m0/s1. The first-order valence-electron chi connectivity index (χ1n) is 21.5. The summed E-state index contributed by atoms with van der Waals surface area (Å²) in [4.78, 5) is 47.8. The van der Waals surface area contributed by atoms with Crippen molar-refractivity contribution in [3.8, 4) is 22.5 Å². The lowest BCUT2D eigenvalue weighted by atomic mass is 9.85. The molecule has 7 aromatic rings. The maximum atomic E-state index is 13.2. The summed E-state index contributed by atoms with van der Waals surface area (Å²) in [5, 5.41) is 0. The summed E-state index contributed by atoms with van der Waals surface area (Å²) in [7, 11) is 0. The van der Waals surface area contributed by atoms with Crippen LogP contribution < -0.4 is 0 Å². The number of aromatic amines is 2. The number of nitrogens with zero attached hydrogens (tertiary/aromatic N) is 4. The van der Waals surface area contributed by atoms with Crippen LogP contribution in [0.3, 0.4) is 0 Å². The first kappa shape index (κ1) is 39.5. The number of rotatable bonds is 11. The van der Waals surface area contributed by atoms with Gasteiger partial charge in [0.2, 0.25) is 0 Å². The number of aromatic nitrogens is 4. The van der Waals surface area contributed by atoms with Gasteiger partial charge in [-0.2, -0.15) is 0 Å². The van der Waals surface area contributed by atoms with E-state index in [0.29, 0.717) is 13.1 Å². The third-order valence-corrected chi connectivity index (χ3v) is 13.9. The Labute approximate surface area is 365 Å². The molecule has 0 aliphatic carbocycles. The van der Waals surface area contributed by atoms with Crippen LogP contribution in [0.2, 0.25) is 0 Å². The van der Waals surface area contributed by atoms with E-state index >= 15 is 0 Å². The van der Waals surface area contributed by atoms with E-state index in [4.69, 9.17) is 19.4 Å². The topological polar surface area (TPSA) is 116 Å². The van der Waals surface area contributed by atoms with Gasteiger partial charge in [0.05, 0.1) is 40.6 Å². The van der Waals surface area contributed by atoms with E-state index in [0.717, 1.165) is 83.8 Å². The van der Waals surface area contributed by atoms with Gasteiger partial charge in [-0.15, -0.1) is 11.8 Å². The highest BCUT2D eigenvalue weighted by Gasteiger charge is 2.41. The van der Waals surface area contributed by atoms with E-state index in [9.17, 15) is 9.59 Å². The molecule has 5 heterocycles. The van der Waals surface area contributed by atoms with Crippen LogP contribution in [0.4, 0.5) is 9.59 Å². The van der Waals surface area contributed by atoms with Gasteiger partial charge < -0.3 is 19.4 Å². The van der Waals surface area contributed by atoms with Crippen molar-refractivity contribution in [2.45, 2.75) is 73.5 Å². The minimum Gasteiger partial charge on any atom is -0.445 e. The van der Waals surface area contributed by atoms with Gasteiger partial charge in [0.25, 0.3) is 0 Å². The van der Waals surface area contributed by atoms with E-state index in [1.165, 1.54) is 21.6 Å². The maximum Gasteiger partial charge on any atom is 0.410 e. The van der Waals surface area contributed by atoms with Crippen molar-refractivity contribution in [3.63, 3.8) is 0 Å². The van der Waals surface area contributed by atoms with Crippen molar-refractivity contribution in [2.24, 2.45) is 0 Å². The average molecular weight is 841 g/mol. The number of thioether (sulfide) groups is 1. The molecule has 5 aromatic carbocycles. The Morgan fingerprint density at radius 2 is 1.15 bits per heavy atom. The van der Waals surface area contributed by atoms with Crippen LogP contribution >= 0.6 is 11.8 Å². The normalized spacial score (nSPS) is 19.4. The molecular weight excluding hydrogens is 793 g/mol. The first-order valence-corrected chi connectivity index (χ1v) is 22.3. The second kappa shape index (κ2) is 17.4. The molecule has 0 spiro atoms. The van der Waals surface area contributed by atoms with Crippen molar-refractivity contribution < 1.29 is 19.1 Å². The van der Waals surface area contributed by atoms with Crippen molar-refractivity contribution >= 4 is 23.9 Å². The van der Waals surface area contributed by atoms with E-state index in [1.54, 1.807) is 9.80 Å². The van der Waals surface area contributed by atoms with Crippen LogP contribution in [-0.4, -0.2) is 55.0 Å². The molecule has 0 radical (unpaired) electrons. The highest BCUT2D eigenvalue weighted by Crippen LogP contribution is 2.54. The number of amides is 2. The third kappa shape index (κ3) is 8.24. The second-order valence-corrected chi connectivity index (χ2v) is 17.9. The Balaban J connectivity index is 0.819. The molecule has 3 atom stereocenters. The number of ether oxygens (including phenoxy) is 2. The summed E-state index contributed by atoms with van der Waals surface area (Å²) in [6.45, 7) is 1.79. The first-order chi connectivity index (χ1) is 30.5. The van der Waals surface area contributed by atoms with E-state index < -0.39 is 0 Å². The highest BCUT2D eigenvalue weighted by molar-refractivity contribution is 8.00. The van der Waals surface area contributed by atoms with Crippen molar-refractivity contribution in [1.82, 2.24) is 29.7 Å². The zero-order valence-corrected chi connectivity index (χ0v) is 35.2. The van der Waals surface area contributed by atoms with Gasteiger partial charge in [-0.3, -0.25) is 9.80 Å². The van der Waals surface area contributed by atoms with Crippen molar-refractivity contribution in [3.05, 3.63) is 185 Å². The molecular formula is C51H48N6O4S. The van der Waals surface area contributed by atoms with E-state index in [2.05, 4.69) is 82.8 Å². The molecule has 0 bridgehead atoms. The molecule has 0 saturated carbocycles. The lowest BCUT2D eigenvalue weighted by Crippen LogP contribution is -2.31. The SMILES string of the molecule is O=C(OCc1ccccc1)N1CCC[C@H]1c1ncc(-c2ccc(CC3(c4ccccc4)Cc4cc(-c5cnc([C@@H]6CCCN6C(=O)OCc6ccccc6)[nH]5)ccc4S3)cc2)[nH]1. The van der Waals surface area contributed by atoms with Crippen LogP contribution in [0, 0.1) is 0 Å². The predicted octanol–water partition coefficient (Wildman–Crippen LogP) is 11.2. The quantitative estimate of drug-likeness (QED) is 0.133. The molecule has 2 aromatic heterocycles. The van der Waals surface area contributed by atoms with Gasteiger partial charge in [0.1, 0.15) is 24.9 Å². The van der Waals surface area contributed by atoms with Gasteiger partial charge in [0, 0.05) is 18.0 Å². The van der Waals surface area contributed by atoms with Crippen LogP contribution in [0.5, 0.6) is 0 Å². The van der Waals surface area contributed by atoms with Gasteiger partial charge in [-0.1, -0.05) is 121 Å². The smallest absolute Gasteiger partial charge is 0.410 e. The summed E-state index contributed by atoms with van der Waals surface area (Å²) in [5.74, 6) is 1.57. The lowest BCUT2D eigenvalue weighted by molar-refractivity contribution is 0.0903. The monoisotopic (exact) mass is 840 g/mol. The highest BCUT2D eigenvalue weighted by atomic mass is 32.2. The predicted molar refractivity (Wildman–Crippen MR) is 240 cm³/mol. The summed E-state index contributed by atoms with van der Waals surface area (Å²) < 4.78 is 11.2. The number of H-pyrrole nitrogens is 2. The fourth-order valence-electron chi connectivity index (χ4n) is 9.22. The number of likely N-dealkylation sites (tertiary alicyclic amines) is 2. The maximum absolute atomic E-state index is 13.2. The summed E-state index contributed by atoms with van der Waals surface area (Å²) in [6.07, 6.45) is 8.37. The lowest BCUT2D eigenvalue weighted by Gasteiger charge is -2.29. The number of imidazole rings is 2. The van der Waals surface area contributed by atoms with Crippen LogP contribution in [0.1, 0.15) is 77.2 Å². The fraction of sp³-hybridized carbons (Fsp3) is 0.255. The van der Waals surface area contributed by atoms with Gasteiger partial charge in [-0.25, -0.2) is 19.6 Å². The summed E-state index contributed by atoms with van der Waals surface area (Å²) >= 11 is 1.95. The Kier molecular flexibility index (Phi) is 11.1. The third-order valence-electron chi connectivity index (χ3n) is 12.4. The number of fused-ring (bicyclic) bond motifs is 1. The second-order valence-electron chi connectivity index (χ2n) is 16.5. The molecule has 2 fully saturated rings. The molecule has 11 heteroatoms. The molecule has 3 aliphatic rings. The molecule has 10 nitrogen and oxygen atoms in total. The average Bonchev–Trinajstić information content (AvgIpc) is 4.18. The zero-order chi connectivity index (χ0) is 41.9. The molecule has 62 heavy (non-hydrogen) atoms. The van der Waals surface area contributed by atoms with Crippen LogP contribution in [-0.2, 0) is 40.3 Å². The minimum atomic E-state index is -0.309. The fourth-order valence-corrected chi connectivity index (χ4v) is 10.8. The summed E-state index contributed by atoms with van der Waals surface area (Å²) in [6, 6.07) is 45.6. The minimum absolute atomic E-state index is 0.146. The number of nitrogens with one attached hydrogen (secondary N) is 2. The molecule has 312 valence electrons. The molecule has 2 N–H and O–H groups in total. The largest absolute Gasteiger partial charge is 0.445 e.